The Bertz CT molecular complexity index is 616. The quantitative estimate of drug-likeness (QED) is 0.891. The van der Waals surface area contributed by atoms with Gasteiger partial charge in [-0.25, -0.2) is 0 Å². The number of phenolic OH excluding ortho intramolecular Hbond substituents is 1. The maximum absolute atomic E-state index is 12.8. The Morgan fingerprint density at radius 2 is 1.83 bits per heavy atom. The first-order chi connectivity index (χ1) is 11.2. The van der Waals surface area contributed by atoms with Crippen LogP contribution in [-0.2, 0) is 4.79 Å². The fourth-order valence-corrected chi connectivity index (χ4v) is 3.26. The van der Waals surface area contributed by atoms with E-state index < -0.39 is 6.04 Å². The molecule has 2 rings (SSSR count). The first-order valence-corrected chi connectivity index (χ1v) is 8.64. The summed E-state index contributed by atoms with van der Waals surface area (Å²) in [6.07, 6.45) is 2.03. The molecule has 2 amide bonds. The molecule has 0 bridgehead atoms. The molecule has 0 saturated carbocycles. The predicted molar refractivity (Wildman–Crippen MR) is 94.1 cm³/mol. The van der Waals surface area contributed by atoms with Gasteiger partial charge >= 0.3 is 0 Å². The molecule has 1 aliphatic rings. The van der Waals surface area contributed by atoms with E-state index >= 15 is 0 Å². The molecule has 132 valence electrons. The number of hydrogen-bond acceptors (Lipinski definition) is 3. The number of benzene rings is 1. The second-order valence-electron chi connectivity index (χ2n) is 7.18. The number of phenols is 1. The Hall–Kier alpha value is -2.04. The van der Waals surface area contributed by atoms with E-state index in [-0.39, 0.29) is 29.5 Å². The van der Waals surface area contributed by atoms with Crippen LogP contribution in [0.5, 0.6) is 5.75 Å². The molecule has 0 unspecified atom stereocenters. The van der Waals surface area contributed by atoms with Crippen molar-refractivity contribution in [3.63, 3.8) is 0 Å². The summed E-state index contributed by atoms with van der Waals surface area (Å²) >= 11 is 0. The minimum Gasteiger partial charge on any atom is -0.507 e. The van der Waals surface area contributed by atoms with E-state index in [0.717, 1.165) is 19.4 Å². The molecule has 2 atom stereocenters. The van der Waals surface area contributed by atoms with Gasteiger partial charge in [0.05, 0.1) is 0 Å². The minimum atomic E-state index is -0.535. The molecule has 1 aromatic carbocycles. The van der Waals surface area contributed by atoms with Crippen LogP contribution in [-0.4, -0.2) is 40.4 Å². The average molecular weight is 332 g/mol. The summed E-state index contributed by atoms with van der Waals surface area (Å²) in [6, 6.07) is 3.00. The molecule has 1 saturated heterocycles. The molecule has 1 fully saturated rings. The first kappa shape index (κ1) is 18.3. The molecular formula is C19H28N2O3. The lowest BCUT2D eigenvalue weighted by atomic mass is 10.0. The highest BCUT2D eigenvalue weighted by Crippen LogP contribution is 2.23. The fraction of sp³-hybridized carbons (Fsp3) is 0.579. The molecular weight excluding hydrogens is 304 g/mol. The van der Waals surface area contributed by atoms with Crippen LogP contribution in [0.1, 0.15) is 55.1 Å². The highest BCUT2D eigenvalue weighted by molar-refractivity contribution is 5.98. The first-order valence-electron chi connectivity index (χ1n) is 8.64. The Morgan fingerprint density at radius 3 is 2.29 bits per heavy atom. The summed E-state index contributed by atoms with van der Waals surface area (Å²) in [5.41, 5.74) is 1.78. The number of amides is 2. The predicted octanol–water partition coefficient (Wildman–Crippen LogP) is 2.77. The molecule has 24 heavy (non-hydrogen) atoms. The third kappa shape index (κ3) is 3.71. The van der Waals surface area contributed by atoms with Crippen LogP contribution in [0, 0.1) is 19.8 Å². The number of hydrogen-bond donors (Lipinski definition) is 2. The molecule has 0 spiro atoms. The summed E-state index contributed by atoms with van der Waals surface area (Å²) in [4.78, 5) is 27.3. The van der Waals surface area contributed by atoms with Gasteiger partial charge in [0.25, 0.3) is 5.91 Å². The second-order valence-corrected chi connectivity index (χ2v) is 7.18. The summed E-state index contributed by atoms with van der Waals surface area (Å²) < 4.78 is 0. The van der Waals surface area contributed by atoms with Crippen molar-refractivity contribution in [2.45, 2.75) is 59.5 Å². The number of carbonyl (C=O) groups is 2. The van der Waals surface area contributed by atoms with Crippen molar-refractivity contribution in [1.29, 1.82) is 0 Å². The van der Waals surface area contributed by atoms with Crippen molar-refractivity contribution in [2.24, 2.45) is 5.92 Å². The van der Waals surface area contributed by atoms with E-state index in [2.05, 4.69) is 12.2 Å². The average Bonchev–Trinajstić information content (AvgIpc) is 2.94. The monoisotopic (exact) mass is 332 g/mol. The van der Waals surface area contributed by atoms with Crippen molar-refractivity contribution >= 4 is 11.8 Å². The molecule has 0 aliphatic carbocycles. The van der Waals surface area contributed by atoms with Crippen molar-refractivity contribution in [1.82, 2.24) is 10.2 Å². The molecule has 1 aromatic rings. The van der Waals surface area contributed by atoms with E-state index in [1.54, 1.807) is 26.0 Å². The number of aromatic hydroxyl groups is 1. The van der Waals surface area contributed by atoms with E-state index in [1.807, 2.05) is 18.7 Å². The highest BCUT2D eigenvalue weighted by atomic mass is 16.3. The van der Waals surface area contributed by atoms with Gasteiger partial charge in [-0.1, -0.05) is 13.8 Å². The molecule has 2 N–H and O–H groups in total. The zero-order valence-electron chi connectivity index (χ0n) is 15.2. The maximum Gasteiger partial charge on any atom is 0.251 e. The van der Waals surface area contributed by atoms with Gasteiger partial charge in [-0.05, 0) is 62.8 Å². The lowest BCUT2D eigenvalue weighted by Crippen LogP contribution is -2.52. The van der Waals surface area contributed by atoms with Gasteiger partial charge in [-0.2, -0.15) is 0 Å². The summed E-state index contributed by atoms with van der Waals surface area (Å²) in [5.74, 6) is -0.0711. The molecule has 5 heteroatoms. The lowest BCUT2D eigenvalue weighted by Gasteiger charge is -2.29. The molecule has 1 heterocycles. The molecule has 0 aromatic heterocycles. The van der Waals surface area contributed by atoms with Crippen molar-refractivity contribution in [3.8, 4) is 5.75 Å². The smallest absolute Gasteiger partial charge is 0.251 e. The van der Waals surface area contributed by atoms with E-state index in [0.29, 0.717) is 16.7 Å². The zero-order chi connectivity index (χ0) is 18.0. The minimum absolute atomic E-state index is 0.00410. The molecule has 1 aliphatic heterocycles. The molecule has 0 radical (unpaired) electrons. The second kappa shape index (κ2) is 7.24. The molecule has 5 nitrogen and oxygen atoms in total. The Kier molecular flexibility index (Phi) is 5.52. The lowest BCUT2D eigenvalue weighted by molar-refractivity contribution is -0.134. The number of nitrogens with zero attached hydrogens (tertiary/aromatic N) is 1. The fourth-order valence-electron chi connectivity index (χ4n) is 3.26. The Labute approximate surface area is 144 Å². The number of aryl methyl sites for hydroxylation is 2. The van der Waals surface area contributed by atoms with Crippen LogP contribution < -0.4 is 5.32 Å². The van der Waals surface area contributed by atoms with Crippen molar-refractivity contribution in [3.05, 3.63) is 28.8 Å². The van der Waals surface area contributed by atoms with Crippen molar-refractivity contribution in [2.75, 3.05) is 6.54 Å². The van der Waals surface area contributed by atoms with Crippen molar-refractivity contribution < 1.29 is 14.7 Å². The van der Waals surface area contributed by atoms with Gasteiger partial charge in [0, 0.05) is 18.2 Å². The number of rotatable bonds is 4. The van der Waals surface area contributed by atoms with E-state index in [4.69, 9.17) is 0 Å². The Morgan fingerprint density at radius 1 is 1.25 bits per heavy atom. The van der Waals surface area contributed by atoms with Crippen LogP contribution in [0.4, 0.5) is 0 Å². The summed E-state index contributed by atoms with van der Waals surface area (Å²) in [6.45, 7) is 10.2. The van der Waals surface area contributed by atoms with Gasteiger partial charge in [-0.15, -0.1) is 0 Å². The van der Waals surface area contributed by atoms with Crippen LogP contribution in [0.25, 0.3) is 0 Å². The largest absolute Gasteiger partial charge is 0.507 e. The summed E-state index contributed by atoms with van der Waals surface area (Å²) in [5, 5.41) is 12.7. The third-order valence-electron chi connectivity index (χ3n) is 4.81. The van der Waals surface area contributed by atoms with Crippen LogP contribution in [0.3, 0.4) is 0 Å². The standard InChI is InChI=1S/C19H28N2O3/c1-11(2)16(19(24)21-8-6-7-14(21)5)20-18(23)15-9-12(3)17(22)13(4)10-15/h9-11,14,16,22H,6-8H2,1-5H3,(H,20,23)/t14-,16+/m1/s1. The highest BCUT2D eigenvalue weighted by Gasteiger charge is 2.33. The topological polar surface area (TPSA) is 69.6 Å². The van der Waals surface area contributed by atoms with Gasteiger partial charge < -0.3 is 15.3 Å². The number of likely N-dealkylation sites (tertiary alicyclic amines) is 1. The van der Waals surface area contributed by atoms with Crippen LogP contribution >= 0.6 is 0 Å². The van der Waals surface area contributed by atoms with Crippen LogP contribution in [0.15, 0.2) is 12.1 Å². The maximum atomic E-state index is 12.8. The third-order valence-corrected chi connectivity index (χ3v) is 4.81. The van der Waals surface area contributed by atoms with E-state index in [1.165, 1.54) is 0 Å². The van der Waals surface area contributed by atoms with Gasteiger partial charge in [0.15, 0.2) is 0 Å². The zero-order valence-corrected chi connectivity index (χ0v) is 15.2. The van der Waals surface area contributed by atoms with Gasteiger partial charge in [0.1, 0.15) is 11.8 Å². The normalized spacial score (nSPS) is 18.8. The van der Waals surface area contributed by atoms with E-state index in [9.17, 15) is 14.7 Å². The van der Waals surface area contributed by atoms with Gasteiger partial charge in [0.2, 0.25) is 5.91 Å². The van der Waals surface area contributed by atoms with Crippen LogP contribution in [0.2, 0.25) is 0 Å². The van der Waals surface area contributed by atoms with Gasteiger partial charge in [-0.3, -0.25) is 9.59 Å². The SMILES string of the molecule is Cc1cc(C(=O)N[C@H](C(=O)N2CCC[C@H]2C)C(C)C)cc(C)c1O. The number of carbonyl (C=O) groups excluding carboxylic acids is 2. The summed E-state index contributed by atoms with van der Waals surface area (Å²) in [7, 11) is 0. The number of nitrogens with one attached hydrogen (secondary N) is 1. The Balaban J connectivity index is 2.18.